The van der Waals surface area contributed by atoms with Crippen molar-refractivity contribution in [3.8, 4) is 0 Å². The van der Waals surface area contributed by atoms with Gasteiger partial charge in [0, 0.05) is 18.5 Å². The first kappa shape index (κ1) is 14.0. The number of aliphatic carboxylic acids is 1. The van der Waals surface area contributed by atoms with Gasteiger partial charge in [-0.1, -0.05) is 6.92 Å². The van der Waals surface area contributed by atoms with E-state index in [1.54, 1.807) is 23.2 Å². The number of amides is 1. The van der Waals surface area contributed by atoms with Crippen LogP contribution in [-0.2, 0) is 22.4 Å². The van der Waals surface area contributed by atoms with E-state index in [4.69, 9.17) is 5.11 Å². The summed E-state index contributed by atoms with van der Waals surface area (Å²) < 4.78 is 0. The number of carbonyl (C=O) groups is 2. The highest BCUT2D eigenvalue weighted by atomic mass is 32.1. The molecule has 19 heavy (non-hydrogen) atoms. The Balaban J connectivity index is 1.96. The Morgan fingerprint density at radius 2 is 2.32 bits per heavy atom. The molecule has 0 bridgehead atoms. The molecule has 1 aromatic heterocycles. The van der Waals surface area contributed by atoms with Gasteiger partial charge in [0.15, 0.2) is 0 Å². The monoisotopic (exact) mass is 282 g/mol. The number of thiazole rings is 1. The third-order valence-corrected chi connectivity index (χ3v) is 4.62. The molecule has 1 saturated heterocycles. The van der Waals surface area contributed by atoms with Crippen molar-refractivity contribution in [3.63, 3.8) is 0 Å². The Morgan fingerprint density at radius 3 is 2.84 bits per heavy atom. The average molecular weight is 282 g/mol. The van der Waals surface area contributed by atoms with Gasteiger partial charge < -0.3 is 10.0 Å². The standard InChI is InChI=1S/C13H18N2O3S/c1-3-10-14-9(7-19-10)6-11(16)15-5-4-13(2,8-15)12(17)18/h7H,3-6,8H2,1-2H3,(H,17,18). The summed E-state index contributed by atoms with van der Waals surface area (Å²) in [5, 5.41) is 12.1. The van der Waals surface area contributed by atoms with Crippen molar-refractivity contribution in [1.29, 1.82) is 0 Å². The Hall–Kier alpha value is -1.43. The normalized spacial score (nSPS) is 22.7. The van der Waals surface area contributed by atoms with Crippen molar-refractivity contribution < 1.29 is 14.7 Å². The van der Waals surface area contributed by atoms with Crippen LogP contribution in [0.1, 0.15) is 31.0 Å². The predicted octanol–water partition coefficient (Wildman–Crippen LogP) is 1.57. The molecule has 1 aliphatic rings. The molecule has 1 aromatic rings. The minimum absolute atomic E-state index is 0.0297. The summed E-state index contributed by atoms with van der Waals surface area (Å²) in [5.74, 6) is -0.859. The van der Waals surface area contributed by atoms with Crippen LogP contribution >= 0.6 is 11.3 Å². The number of rotatable bonds is 4. The Bertz CT molecular complexity index is 500. The van der Waals surface area contributed by atoms with Gasteiger partial charge in [0.2, 0.25) is 5.91 Å². The van der Waals surface area contributed by atoms with Crippen LogP contribution in [0.4, 0.5) is 0 Å². The van der Waals surface area contributed by atoms with Gasteiger partial charge >= 0.3 is 5.97 Å². The van der Waals surface area contributed by atoms with Crippen LogP contribution < -0.4 is 0 Å². The summed E-state index contributed by atoms with van der Waals surface area (Å²) in [7, 11) is 0. The van der Waals surface area contributed by atoms with E-state index in [0.29, 0.717) is 19.5 Å². The fourth-order valence-electron chi connectivity index (χ4n) is 2.21. The summed E-state index contributed by atoms with van der Waals surface area (Å²) in [6.07, 6.45) is 1.66. The number of carboxylic acids is 1. The second-order valence-corrected chi connectivity index (χ2v) is 6.14. The highest BCUT2D eigenvalue weighted by molar-refractivity contribution is 7.09. The number of likely N-dealkylation sites (tertiary alicyclic amines) is 1. The quantitative estimate of drug-likeness (QED) is 0.910. The van der Waals surface area contributed by atoms with Gasteiger partial charge in [-0.2, -0.15) is 0 Å². The van der Waals surface area contributed by atoms with E-state index in [9.17, 15) is 9.59 Å². The molecule has 2 heterocycles. The fourth-order valence-corrected chi connectivity index (χ4v) is 2.95. The zero-order chi connectivity index (χ0) is 14.0. The number of carbonyl (C=O) groups excluding carboxylic acids is 1. The van der Waals surface area contributed by atoms with Crippen LogP contribution in [0.2, 0.25) is 0 Å². The van der Waals surface area contributed by atoms with Crippen LogP contribution in [0.3, 0.4) is 0 Å². The van der Waals surface area contributed by atoms with E-state index in [1.807, 2.05) is 12.3 Å². The molecule has 5 nitrogen and oxygen atoms in total. The molecule has 1 atom stereocenters. The van der Waals surface area contributed by atoms with Crippen molar-refractivity contribution in [2.75, 3.05) is 13.1 Å². The SMILES string of the molecule is CCc1nc(CC(=O)N2CCC(C)(C(=O)O)C2)cs1. The average Bonchev–Trinajstić information content (AvgIpc) is 2.96. The summed E-state index contributed by atoms with van der Waals surface area (Å²) in [6.45, 7) is 4.54. The van der Waals surface area contributed by atoms with Crippen LogP contribution in [0.25, 0.3) is 0 Å². The molecule has 1 N–H and O–H groups in total. The number of aryl methyl sites for hydroxylation is 1. The lowest BCUT2D eigenvalue weighted by atomic mass is 9.90. The molecule has 0 saturated carbocycles. The molecule has 1 unspecified atom stereocenters. The van der Waals surface area contributed by atoms with Gasteiger partial charge in [0.05, 0.1) is 22.5 Å². The third-order valence-electron chi connectivity index (χ3n) is 3.58. The van der Waals surface area contributed by atoms with Crippen molar-refractivity contribution in [2.45, 2.75) is 33.1 Å². The second-order valence-electron chi connectivity index (χ2n) is 5.19. The smallest absolute Gasteiger partial charge is 0.311 e. The van der Waals surface area contributed by atoms with Gasteiger partial charge in [0.25, 0.3) is 0 Å². The van der Waals surface area contributed by atoms with E-state index in [0.717, 1.165) is 17.1 Å². The molecule has 1 fully saturated rings. The van der Waals surface area contributed by atoms with E-state index < -0.39 is 11.4 Å². The molecule has 0 radical (unpaired) electrons. The van der Waals surface area contributed by atoms with E-state index in [-0.39, 0.29) is 12.3 Å². The molecule has 1 amide bonds. The van der Waals surface area contributed by atoms with Crippen LogP contribution in [0.5, 0.6) is 0 Å². The zero-order valence-corrected chi connectivity index (χ0v) is 12.0. The minimum Gasteiger partial charge on any atom is -0.481 e. The van der Waals surface area contributed by atoms with Gasteiger partial charge in [-0.15, -0.1) is 11.3 Å². The third kappa shape index (κ3) is 2.94. The summed E-state index contributed by atoms with van der Waals surface area (Å²) in [5.41, 5.74) is -0.0115. The number of hydrogen-bond donors (Lipinski definition) is 1. The minimum atomic E-state index is -0.829. The largest absolute Gasteiger partial charge is 0.481 e. The molecule has 104 valence electrons. The Kier molecular flexibility index (Phi) is 3.89. The molecule has 6 heteroatoms. The maximum Gasteiger partial charge on any atom is 0.311 e. The first-order valence-corrected chi connectivity index (χ1v) is 7.27. The number of carboxylic acid groups (broad SMARTS) is 1. The lowest BCUT2D eigenvalue weighted by Gasteiger charge is -2.19. The highest BCUT2D eigenvalue weighted by Gasteiger charge is 2.41. The van der Waals surface area contributed by atoms with Gasteiger partial charge in [0.1, 0.15) is 0 Å². The first-order chi connectivity index (χ1) is 8.94. The molecule has 2 rings (SSSR count). The lowest BCUT2D eigenvalue weighted by Crippen LogP contribution is -2.35. The van der Waals surface area contributed by atoms with Gasteiger partial charge in [-0.05, 0) is 19.8 Å². The van der Waals surface area contributed by atoms with Crippen molar-refractivity contribution in [3.05, 3.63) is 16.1 Å². The Morgan fingerprint density at radius 1 is 1.58 bits per heavy atom. The van der Waals surface area contributed by atoms with Gasteiger partial charge in [-0.3, -0.25) is 9.59 Å². The first-order valence-electron chi connectivity index (χ1n) is 6.39. The van der Waals surface area contributed by atoms with Crippen molar-refractivity contribution in [2.24, 2.45) is 5.41 Å². The van der Waals surface area contributed by atoms with Crippen LogP contribution in [0, 0.1) is 5.41 Å². The molecule has 0 aliphatic carbocycles. The molecule has 0 aromatic carbocycles. The van der Waals surface area contributed by atoms with E-state index in [1.165, 1.54) is 0 Å². The summed E-state index contributed by atoms with van der Waals surface area (Å²) in [6, 6.07) is 0. The zero-order valence-electron chi connectivity index (χ0n) is 11.2. The number of hydrogen-bond acceptors (Lipinski definition) is 4. The van der Waals surface area contributed by atoms with Crippen molar-refractivity contribution >= 4 is 23.2 Å². The summed E-state index contributed by atoms with van der Waals surface area (Å²) in [4.78, 5) is 29.3. The lowest BCUT2D eigenvalue weighted by molar-refractivity contribution is -0.147. The maximum absolute atomic E-state index is 12.1. The highest BCUT2D eigenvalue weighted by Crippen LogP contribution is 2.30. The maximum atomic E-state index is 12.1. The second kappa shape index (κ2) is 5.28. The molecular formula is C13H18N2O3S. The molecular weight excluding hydrogens is 264 g/mol. The number of nitrogens with zero attached hydrogens (tertiary/aromatic N) is 2. The number of aromatic nitrogens is 1. The van der Waals surface area contributed by atoms with E-state index in [2.05, 4.69) is 4.98 Å². The summed E-state index contributed by atoms with van der Waals surface area (Å²) >= 11 is 1.56. The van der Waals surface area contributed by atoms with Gasteiger partial charge in [-0.25, -0.2) is 4.98 Å². The molecule has 0 spiro atoms. The topological polar surface area (TPSA) is 70.5 Å². The van der Waals surface area contributed by atoms with E-state index >= 15 is 0 Å². The van der Waals surface area contributed by atoms with Crippen LogP contribution in [0.15, 0.2) is 5.38 Å². The predicted molar refractivity (Wildman–Crippen MR) is 72.1 cm³/mol. The van der Waals surface area contributed by atoms with Crippen LogP contribution in [-0.4, -0.2) is 40.0 Å². The van der Waals surface area contributed by atoms with Crippen molar-refractivity contribution in [1.82, 2.24) is 9.88 Å². The fraction of sp³-hybridized carbons (Fsp3) is 0.615. The molecule has 1 aliphatic heterocycles. The Labute approximate surface area is 116 Å².